The summed E-state index contributed by atoms with van der Waals surface area (Å²) in [6.45, 7) is 2.77. The molecule has 0 aromatic heterocycles. The highest BCUT2D eigenvalue weighted by molar-refractivity contribution is 8.76. The molecule has 1 aliphatic carbocycles. The quantitative estimate of drug-likeness (QED) is 0.506. The highest BCUT2D eigenvalue weighted by Gasteiger charge is 2.38. The van der Waals surface area contributed by atoms with E-state index >= 15 is 0 Å². The number of hydrogen-bond acceptors (Lipinski definition) is 4. The average Bonchev–Trinajstić information content (AvgIpc) is 2.87. The van der Waals surface area contributed by atoms with E-state index in [-0.39, 0.29) is 17.7 Å². The van der Waals surface area contributed by atoms with E-state index in [0.29, 0.717) is 12.3 Å². The Morgan fingerprint density at radius 3 is 2.42 bits per heavy atom. The second kappa shape index (κ2) is 8.74. The van der Waals surface area contributed by atoms with Crippen LogP contribution in [0, 0.1) is 5.41 Å². The van der Waals surface area contributed by atoms with Gasteiger partial charge in [-0.15, -0.1) is 0 Å². The Hall–Kier alpha value is -0.360. The van der Waals surface area contributed by atoms with Crippen LogP contribution in [0.1, 0.15) is 45.4 Å². The van der Waals surface area contributed by atoms with Crippen molar-refractivity contribution in [2.45, 2.75) is 45.4 Å². The third-order valence-electron chi connectivity index (χ3n) is 3.67. The third kappa shape index (κ3) is 5.65. The number of carbonyl (C=O) groups is 2. The van der Waals surface area contributed by atoms with E-state index in [9.17, 15) is 9.59 Å². The molecule has 1 rings (SSSR count). The first-order valence-electron chi connectivity index (χ1n) is 6.85. The van der Waals surface area contributed by atoms with Gasteiger partial charge in [0.05, 0.1) is 6.42 Å². The summed E-state index contributed by atoms with van der Waals surface area (Å²) in [6, 6.07) is 0. The summed E-state index contributed by atoms with van der Waals surface area (Å²) in [4.78, 5) is 22.5. The number of aliphatic carboxylic acids is 1. The molecule has 19 heavy (non-hydrogen) atoms. The van der Waals surface area contributed by atoms with E-state index in [1.54, 1.807) is 21.6 Å². The number of amides is 1. The molecule has 1 amide bonds. The molecule has 0 atom stereocenters. The van der Waals surface area contributed by atoms with Crippen molar-refractivity contribution in [3.8, 4) is 0 Å². The maximum Gasteiger partial charge on any atom is 0.304 e. The number of nitrogens with one attached hydrogen (secondary N) is 1. The molecule has 0 spiro atoms. The minimum absolute atomic E-state index is 0.110. The van der Waals surface area contributed by atoms with Gasteiger partial charge in [-0.1, -0.05) is 41.4 Å². The molecule has 0 aromatic carbocycles. The van der Waals surface area contributed by atoms with Crippen LogP contribution in [0.15, 0.2) is 0 Å². The Morgan fingerprint density at radius 1 is 1.21 bits per heavy atom. The van der Waals surface area contributed by atoms with Gasteiger partial charge in [-0.05, 0) is 19.3 Å². The molecule has 0 aliphatic heterocycles. The molecule has 110 valence electrons. The molecule has 0 saturated heterocycles. The number of carboxylic acids is 1. The zero-order valence-corrected chi connectivity index (χ0v) is 13.1. The number of carboxylic acid groups (broad SMARTS) is 1. The van der Waals surface area contributed by atoms with Crippen molar-refractivity contribution >= 4 is 33.5 Å². The van der Waals surface area contributed by atoms with Gasteiger partial charge in [-0.3, -0.25) is 9.59 Å². The molecular formula is C13H23NO3S2. The fourth-order valence-corrected chi connectivity index (χ4v) is 4.32. The monoisotopic (exact) mass is 305 g/mol. The summed E-state index contributed by atoms with van der Waals surface area (Å²) in [7, 11) is 3.18. The molecule has 4 nitrogen and oxygen atoms in total. The fourth-order valence-electron chi connectivity index (χ4n) is 2.43. The Labute approximate surface area is 122 Å². The van der Waals surface area contributed by atoms with Crippen molar-refractivity contribution in [2.75, 3.05) is 18.1 Å². The summed E-state index contributed by atoms with van der Waals surface area (Å²) in [5.74, 6) is 0.902. The van der Waals surface area contributed by atoms with E-state index in [2.05, 4.69) is 12.2 Å². The highest BCUT2D eigenvalue weighted by Crippen LogP contribution is 2.41. The van der Waals surface area contributed by atoms with Crippen molar-refractivity contribution in [3.63, 3.8) is 0 Å². The largest absolute Gasteiger partial charge is 0.481 e. The lowest BCUT2D eigenvalue weighted by molar-refractivity contribution is -0.136. The molecule has 1 aliphatic rings. The van der Waals surface area contributed by atoms with Crippen molar-refractivity contribution < 1.29 is 14.7 Å². The van der Waals surface area contributed by atoms with E-state index in [0.717, 1.165) is 25.0 Å². The van der Waals surface area contributed by atoms with E-state index in [4.69, 9.17) is 5.11 Å². The van der Waals surface area contributed by atoms with Crippen LogP contribution in [0.3, 0.4) is 0 Å². The minimum atomic E-state index is -0.757. The number of rotatable bonds is 9. The standard InChI is InChI=1S/C13H23NO3S2/c1-2-13(6-3-4-7-13)12(17)14-8-10-19-18-9-5-11(15)16/h2-10H2,1H3,(H,14,17)(H,15,16). The van der Waals surface area contributed by atoms with Crippen molar-refractivity contribution in [2.24, 2.45) is 5.41 Å². The molecule has 1 saturated carbocycles. The first kappa shape index (κ1) is 16.7. The Balaban J connectivity index is 2.08. The van der Waals surface area contributed by atoms with Crippen LogP contribution in [0.4, 0.5) is 0 Å². The van der Waals surface area contributed by atoms with Crippen LogP contribution in [-0.4, -0.2) is 35.0 Å². The maximum absolute atomic E-state index is 12.2. The van der Waals surface area contributed by atoms with Gasteiger partial charge < -0.3 is 10.4 Å². The molecule has 2 N–H and O–H groups in total. The van der Waals surface area contributed by atoms with E-state index < -0.39 is 5.97 Å². The summed E-state index contributed by atoms with van der Waals surface area (Å²) in [5.41, 5.74) is -0.110. The molecule has 1 fully saturated rings. The highest BCUT2D eigenvalue weighted by atomic mass is 33.1. The lowest BCUT2D eigenvalue weighted by Gasteiger charge is -2.25. The van der Waals surface area contributed by atoms with Gasteiger partial charge in [0.25, 0.3) is 0 Å². The average molecular weight is 305 g/mol. The van der Waals surface area contributed by atoms with E-state index in [1.165, 1.54) is 12.8 Å². The summed E-state index contributed by atoms with van der Waals surface area (Å²) < 4.78 is 0. The summed E-state index contributed by atoms with van der Waals surface area (Å²) in [5, 5.41) is 11.5. The van der Waals surface area contributed by atoms with Gasteiger partial charge in [-0.25, -0.2) is 0 Å². The number of carbonyl (C=O) groups excluding carboxylic acids is 1. The SMILES string of the molecule is CCC1(C(=O)NCCSSCCC(=O)O)CCCC1. The molecule has 0 radical (unpaired) electrons. The van der Waals surface area contributed by atoms with Gasteiger partial charge in [0.15, 0.2) is 0 Å². The van der Waals surface area contributed by atoms with Gasteiger partial charge in [-0.2, -0.15) is 0 Å². The van der Waals surface area contributed by atoms with Gasteiger partial charge in [0.2, 0.25) is 5.91 Å². The number of hydrogen-bond donors (Lipinski definition) is 2. The third-order valence-corrected chi connectivity index (χ3v) is 6.08. The summed E-state index contributed by atoms with van der Waals surface area (Å²) in [6.07, 6.45) is 5.51. The lowest BCUT2D eigenvalue weighted by atomic mass is 9.82. The molecule has 0 aromatic rings. The zero-order valence-electron chi connectivity index (χ0n) is 11.4. The molecule has 6 heteroatoms. The van der Waals surface area contributed by atoms with Crippen LogP contribution in [0.25, 0.3) is 0 Å². The Morgan fingerprint density at radius 2 is 1.84 bits per heavy atom. The van der Waals surface area contributed by atoms with Crippen LogP contribution >= 0.6 is 21.6 Å². The van der Waals surface area contributed by atoms with Crippen LogP contribution < -0.4 is 5.32 Å². The first-order chi connectivity index (χ1) is 9.10. The van der Waals surface area contributed by atoms with Gasteiger partial charge >= 0.3 is 5.97 Å². The molecule has 0 heterocycles. The van der Waals surface area contributed by atoms with Crippen LogP contribution in [-0.2, 0) is 9.59 Å². The lowest BCUT2D eigenvalue weighted by Crippen LogP contribution is -2.39. The van der Waals surface area contributed by atoms with Crippen molar-refractivity contribution in [1.29, 1.82) is 0 Å². The van der Waals surface area contributed by atoms with Gasteiger partial charge in [0.1, 0.15) is 0 Å². The van der Waals surface area contributed by atoms with E-state index in [1.807, 2.05) is 0 Å². The predicted molar refractivity (Wildman–Crippen MR) is 81.4 cm³/mol. The van der Waals surface area contributed by atoms with Crippen molar-refractivity contribution in [3.05, 3.63) is 0 Å². The van der Waals surface area contributed by atoms with Gasteiger partial charge in [0, 0.05) is 23.5 Å². The second-order valence-electron chi connectivity index (χ2n) is 4.88. The normalized spacial score (nSPS) is 17.3. The molecule has 0 unspecified atom stereocenters. The smallest absolute Gasteiger partial charge is 0.304 e. The molecule has 0 bridgehead atoms. The maximum atomic E-state index is 12.2. The van der Waals surface area contributed by atoms with Crippen molar-refractivity contribution in [1.82, 2.24) is 5.32 Å². The topological polar surface area (TPSA) is 66.4 Å². The molecular weight excluding hydrogens is 282 g/mol. The van der Waals surface area contributed by atoms with Crippen LogP contribution in [0.5, 0.6) is 0 Å². The zero-order chi connectivity index (χ0) is 14.1. The summed E-state index contributed by atoms with van der Waals surface area (Å²) >= 11 is 0. The first-order valence-corrected chi connectivity index (χ1v) is 9.34. The Kier molecular flexibility index (Phi) is 7.68. The predicted octanol–water partition coefficient (Wildman–Crippen LogP) is 2.93. The van der Waals surface area contributed by atoms with Crippen LogP contribution in [0.2, 0.25) is 0 Å². The fraction of sp³-hybridized carbons (Fsp3) is 0.846. The Bertz CT molecular complexity index is 304. The second-order valence-corrected chi connectivity index (χ2v) is 7.59. The minimum Gasteiger partial charge on any atom is -0.481 e.